The number of halogens is 2. The highest BCUT2D eigenvalue weighted by Gasteiger charge is 2.25. The SMILES string of the molecule is CCc1ccc(-n2nc(-c3cc(Cl)ccc3Cl)c3c2NCC3)cc1. The van der Waals surface area contributed by atoms with E-state index in [1.807, 2.05) is 16.8 Å². The lowest BCUT2D eigenvalue weighted by atomic mass is 10.1. The number of anilines is 1. The van der Waals surface area contributed by atoms with Crippen molar-refractivity contribution in [2.24, 2.45) is 0 Å². The molecular formula is C19H17Cl2N3. The number of nitrogens with zero attached hydrogens (tertiary/aromatic N) is 2. The highest BCUT2D eigenvalue weighted by atomic mass is 35.5. The molecule has 5 heteroatoms. The molecule has 3 aromatic rings. The highest BCUT2D eigenvalue weighted by Crippen LogP contribution is 2.38. The van der Waals surface area contributed by atoms with Crippen molar-refractivity contribution < 1.29 is 0 Å². The minimum absolute atomic E-state index is 0.663. The quantitative estimate of drug-likeness (QED) is 0.682. The summed E-state index contributed by atoms with van der Waals surface area (Å²) in [6, 6.07) is 14.0. The van der Waals surface area contributed by atoms with Crippen molar-refractivity contribution in [3.8, 4) is 16.9 Å². The smallest absolute Gasteiger partial charge is 0.133 e. The Balaban J connectivity index is 1.87. The van der Waals surface area contributed by atoms with Crippen LogP contribution in [0.1, 0.15) is 18.1 Å². The lowest BCUT2D eigenvalue weighted by Gasteiger charge is -2.07. The van der Waals surface area contributed by atoms with Gasteiger partial charge >= 0.3 is 0 Å². The van der Waals surface area contributed by atoms with Gasteiger partial charge in [-0.05, 0) is 48.7 Å². The van der Waals surface area contributed by atoms with E-state index in [1.54, 1.807) is 6.07 Å². The van der Waals surface area contributed by atoms with Gasteiger partial charge in [-0.3, -0.25) is 0 Å². The molecule has 0 saturated heterocycles. The molecule has 1 aromatic heterocycles. The van der Waals surface area contributed by atoms with Crippen LogP contribution in [-0.2, 0) is 12.8 Å². The molecule has 2 heterocycles. The zero-order chi connectivity index (χ0) is 16.7. The van der Waals surface area contributed by atoms with Crippen LogP contribution in [0.2, 0.25) is 10.0 Å². The Bertz CT molecular complexity index is 898. The predicted molar refractivity (Wildman–Crippen MR) is 101 cm³/mol. The van der Waals surface area contributed by atoms with E-state index >= 15 is 0 Å². The Morgan fingerprint density at radius 2 is 1.92 bits per heavy atom. The minimum Gasteiger partial charge on any atom is -0.369 e. The van der Waals surface area contributed by atoms with E-state index in [2.05, 4.69) is 36.5 Å². The molecule has 1 aliphatic heterocycles. The molecule has 0 spiro atoms. The number of hydrogen-bond acceptors (Lipinski definition) is 2. The highest BCUT2D eigenvalue weighted by molar-refractivity contribution is 6.35. The Hall–Kier alpha value is -1.97. The third-order valence-electron chi connectivity index (χ3n) is 4.42. The van der Waals surface area contributed by atoms with Crippen molar-refractivity contribution in [2.75, 3.05) is 11.9 Å². The van der Waals surface area contributed by atoms with Crippen molar-refractivity contribution in [2.45, 2.75) is 19.8 Å². The average molecular weight is 358 g/mol. The molecule has 0 fully saturated rings. The fraction of sp³-hybridized carbons (Fsp3) is 0.211. The van der Waals surface area contributed by atoms with Crippen LogP contribution in [0.3, 0.4) is 0 Å². The summed E-state index contributed by atoms with van der Waals surface area (Å²) in [6.07, 6.45) is 1.96. The third-order valence-corrected chi connectivity index (χ3v) is 4.99. The lowest BCUT2D eigenvalue weighted by molar-refractivity contribution is 0.881. The van der Waals surface area contributed by atoms with E-state index in [0.29, 0.717) is 10.0 Å². The van der Waals surface area contributed by atoms with Crippen molar-refractivity contribution >= 4 is 29.0 Å². The normalized spacial score (nSPS) is 13.0. The molecule has 24 heavy (non-hydrogen) atoms. The summed E-state index contributed by atoms with van der Waals surface area (Å²) in [4.78, 5) is 0. The average Bonchev–Trinajstić information content (AvgIpc) is 3.20. The van der Waals surface area contributed by atoms with Gasteiger partial charge in [-0.2, -0.15) is 5.10 Å². The van der Waals surface area contributed by atoms with Gasteiger partial charge in [-0.25, -0.2) is 4.68 Å². The fourth-order valence-corrected chi connectivity index (χ4v) is 3.51. The first-order chi connectivity index (χ1) is 11.7. The first-order valence-corrected chi connectivity index (χ1v) is 8.83. The van der Waals surface area contributed by atoms with Gasteiger partial charge in [-0.15, -0.1) is 0 Å². The van der Waals surface area contributed by atoms with Crippen molar-refractivity contribution in [3.05, 3.63) is 63.6 Å². The lowest BCUT2D eigenvalue weighted by Crippen LogP contribution is -2.04. The van der Waals surface area contributed by atoms with Gasteiger partial charge < -0.3 is 5.32 Å². The van der Waals surface area contributed by atoms with E-state index in [4.69, 9.17) is 28.3 Å². The van der Waals surface area contributed by atoms with Crippen LogP contribution >= 0.6 is 23.2 Å². The number of aryl methyl sites for hydroxylation is 1. The van der Waals surface area contributed by atoms with Gasteiger partial charge in [0.05, 0.1) is 16.4 Å². The van der Waals surface area contributed by atoms with Crippen LogP contribution < -0.4 is 5.32 Å². The number of benzene rings is 2. The largest absolute Gasteiger partial charge is 0.369 e. The Morgan fingerprint density at radius 1 is 1.12 bits per heavy atom. The molecule has 1 N–H and O–H groups in total. The Morgan fingerprint density at radius 3 is 2.67 bits per heavy atom. The molecule has 0 saturated carbocycles. The molecule has 122 valence electrons. The summed E-state index contributed by atoms with van der Waals surface area (Å²) < 4.78 is 1.97. The Kier molecular flexibility index (Phi) is 3.99. The van der Waals surface area contributed by atoms with Crippen LogP contribution in [-0.4, -0.2) is 16.3 Å². The maximum Gasteiger partial charge on any atom is 0.133 e. The number of nitrogens with one attached hydrogen (secondary N) is 1. The summed E-state index contributed by atoms with van der Waals surface area (Å²) in [5, 5.41) is 9.61. The summed E-state index contributed by atoms with van der Waals surface area (Å²) in [5.74, 6) is 1.05. The minimum atomic E-state index is 0.663. The van der Waals surface area contributed by atoms with Gasteiger partial charge in [0, 0.05) is 22.7 Å². The zero-order valence-electron chi connectivity index (χ0n) is 13.3. The zero-order valence-corrected chi connectivity index (χ0v) is 14.8. The summed E-state index contributed by atoms with van der Waals surface area (Å²) in [7, 11) is 0. The summed E-state index contributed by atoms with van der Waals surface area (Å²) in [5.41, 5.74) is 5.34. The summed E-state index contributed by atoms with van der Waals surface area (Å²) in [6.45, 7) is 3.06. The number of rotatable bonds is 3. The van der Waals surface area contributed by atoms with Gasteiger partial charge in [0.25, 0.3) is 0 Å². The number of hydrogen-bond donors (Lipinski definition) is 1. The first kappa shape index (κ1) is 15.6. The summed E-state index contributed by atoms with van der Waals surface area (Å²) >= 11 is 12.6. The molecule has 0 atom stereocenters. The van der Waals surface area contributed by atoms with Gasteiger partial charge in [0.1, 0.15) is 5.82 Å². The number of aromatic nitrogens is 2. The van der Waals surface area contributed by atoms with Crippen LogP contribution in [0, 0.1) is 0 Å². The van der Waals surface area contributed by atoms with Crippen molar-refractivity contribution in [3.63, 3.8) is 0 Å². The van der Waals surface area contributed by atoms with Crippen LogP contribution in [0.4, 0.5) is 5.82 Å². The maximum atomic E-state index is 6.40. The second-order valence-corrected chi connectivity index (χ2v) is 6.75. The van der Waals surface area contributed by atoms with Crippen LogP contribution in [0.15, 0.2) is 42.5 Å². The topological polar surface area (TPSA) is 29.9 Å². The van der Waals surface area contributed by atoms with E-state index in [1.165, 1.54) is 11.1 Å². The van der Waals surface area contributed by atoms with Crippen LogP contribution in [0.5, 0.6) is 0 Å². The Labute approximate surface area is 151 Å². The van der Waals surface area contributed by atoms with E-state index in [-0.39, 0.29) is 0 Å². The molecule has 1 aliphatic rings. The molecule has 0 radical (unpaired) electrons. The molecule has 4 rings (SSSR count). The van der Waals surface area contributed by atoms with E-state index in [0.717, 1.165) is 42.1 Å². The predicted octanol–water partition coefficient (Wildman–Crippen LogP) is 5.38. The maximum absolute atomic E-state index is 6.40. The molecule has 0 bridgehead atoms. The van der Waals surface area contributed by atoms with Gasteiger partial charge in [0.15, 0.2) is 0 Å². The molecule has 0 aliphatic carbocycles. The fourth-order valence-electron chi connectivity index (χ4n) is 3.13. The monoisotopic (exact) mass is 357 g/mol. The van der Waals surface area contributed by atoms with Gasteiger partial charge in [0.2, 0.25) is 0 Å². The molecule has 2 aromatic carbocycles. The second-order valence-electron chi connectivity index (χ2n) is 5.91. The van der Waals surface area contributed by atoms with Crippen molar-refractivity contribution in [1.29, 1.82) is 0 Å². The second kappa shape index (κ2) is 6.15. The number of fused-ring (bicyclic) bond motifs is 1. The van der Waals surface area contributed by atoms with E-state index in [9.17, 15) is 0 Å². The third kappa shape index (κ3) is 2.58. The molecule has 0 amide bonds. The van der Waals surface area contributed by atoms with Gasteiger partial charge in [-0.1, -0.05) is 42.3 Å². The molecular weight excluding hydrogens is 341 g/mol. The van der Waals surface area contributed by atoms with Crippen LogP contribution in [0.25, 0.3) is 16.9 Å². The molecule has 0 unspecified atom stereocenters. The first-order valence-electron chi connectivity index (χ1n) is 8.08. The van der Waals surface area contributed by atoms with E-state index < -0.39 is 0 Å². The van der Waals surface area contributed by atoms with Crippen molar-refractivity contribution in [1.82, 2.24) is 9.78 Å². The standard InChI is InChI=1S/C19H17Cl2N3/c1-2-12-3-6-14(7-4-12)24-19-15(9-10-22-19)18(23-24)16-11-13(20)5-8-17(16)21/h3-8,11,22H,2,9-10H2,1H3. The molecule has 3 nitrogen and oxygen atoms in total.